The summed E-state index contributed by atoms with van der Waals surface area (Å²) in [6, 6.07) is 14.1. The molecule has 0 radical (unpaired) electrons. The van der Waals surface area contributed by atoms with E-state index >= 15 is 0 Å². The Kier molecular flexibility index (Phi) is 4.97. The normalized spacial score (nSPS) is 12.0. The van der Waals surface area contributed by atoms with Crippen LogP contribution in [0.5, 0.6) is 5.88 Å². The molecule has 0 saturated heterocycles. The Labute approximate surface area is 160 Å². The van der Waals surface area contributed by atoms with Crippen molar-refractivity contribution < 1.29 is 19.1 Å². The van der Waals surface area contributed by atoms with Gasteiger partial charge < -0.3 is 14.5 Å². The van der Waals surface area contributed by atoms with Crippen LogP contribution in [0.15, 0.2) is 65.4 Å². The van der Waals surface area contributed by atoms with Crippen molar-refractivity contribution >= 4 is 8.03 Å². The number of hydrogen-bond acceptors (Lipinski definition) is 7. The second-order valence-electron chi connectivity index (χ2n) is 5.99. The predicted octanol–water partition coefficient (Wildman–Crippen LogP) is 3.53. The number of aromatic nitrogens is 4. The van der Waals surface area contributed by atoms with Gasteiger partial charge in [0.1, 0.15) is 17.0 Å². The Balaban J connectivity index is 1.60. The Hall–Kier alpha value is -3.35. The molecule has 4 rings (SSSR count). The molecule has 28 heavy (non-hydrogen) atoms. The summed E-state index contributed by atoms with van der Waals surface area (Å²) in [5, 5.41) is 14.3. The predicted molar refractivity (Wildman–Crippen MR) is 103 cm³/mol. The van der Waals surface area contributed by atoms with Crippen LogP contribution in [0.3, 0.4) is 0 Å². The van der Waals surface area contributed by atoms with Crippen LogP contribution >= 0.6 is 8.03 Å². The lowest BCUT2D eigenvalue weighted by molar-refractivity contribution is 0.423. The van der Waals surface area contributed by atoms with Gasteiger partial charge in [0.2, 0.25) is 5.88 Å². The van der Waals surface area contributed by atoms with Crippen molar-refractivity contribution in [3.8, 4) is 40.0 Å². The average Bonchev–Trinajstić information content (AvgIpc) is 3.18. The minimum absolute atomic E-state index is 0.142. The van der Waals surface area contributed by atoms with Crippen molar-refractivity contribution in [3.63, 3.8) is 0 Å². The molecule has 0 spiro atoms. The quantitative estimate of drug-likeness (QED) is 0.493. The summed E-state index contributed by atoms with van der Waals surface area (Å²) in [7, 11) is -2.55. The van der Waals surface area contributed by atoms with Crippen LogP contribution in [0.25, 0.3) is 34.1 Å². The van der Waals surface area contributed by atoms with Gasteiger partial charge in [-0.25, -0.2) is 4.98 Å². The van der Waals surface area contributed by atoms with E-state index in [1.807, 2.05) is 6.07 Å². The zero-order chi connectivity index (χ0) is 19.5. The van der Waals surface area contributed by atoms with Crippen molar-refractivity contribution in [1.82, 2.24) is 20.1 Å². The van der Waals surface area contributed by atoms with E-state index in [0.717, 1.165) is 11.1 Å². The van der Waals surface area contributed by atoms with Crippen LogP contribution in [0, 0.1) is 0 Å². The van der Waals surface area contributed by atoms with Crippen LogP contribution in [-0.2, 0) is 10.7 Å². The third-order valence-corrected chi connectivity index (χ3v) is 4.75. The van der Waals surface area contributed by atoms with E-state index in [1.54, 1.807) is 48.7 Å². The molecule has 4 aromatic rings. The Morgan fingerprint density at radius 2 is 1.86 bits per heavy atom. The van der Waals surface area contributed by atoms with Gasteiger partial charge in [-0.15, -0.1) is 0 Å². The van der Waals surface area contributed by atoms with E-state index in [-0.39, 0.29) is 12.0 Å². The molecule has 0 aliphatic rings. The van der Waals surface area contributed by atoms with Crippen molar-refractivity contribution in [2.45, 2.75) is 6.16 Å². The van der Waals surface area contributed by atoms with Gasteiger partial charge in [0.15, 0.2) is 19.6 Å². The van der Waals surface area contributed by atoms with Crippen LogP contribution in [0.2, 0.25) is 0 Å². The first-order valence-electron chi connectivity index (χ1n) is 8.36. The highest BCUT2D eigenvalue weighted by Gasteiger charge is 2.15. The maximum atomic E-state index is 10.9. The van der Waals surface area contributed by atoms with E-state index in [9.17, 15) is 9.67 Å². The van der Waals surface area contributed by atoms with E-state index in [2.05, 4.69) is 20.1 Å². The molecular formula is C19H15N4O4P. The fraction of sp³-hybridized carbons (Fsp3) is 0.0526. The molecule has 140 valence electrons. The molecule has 9 heteroatoms. The highest BCUT2D eigenvalue weighted by molar-refractivity contribution is 7.37. The summed E-state index contributed by atoms with van der Waals surface area (Å²) in [5.74, 6) is 0.395. The molecule has 1 aromatic carbocycles. The van der Waals surface area contributed by atoms with Gasteiger partial charge in [-0.2, -0.15) is 4.98 Å². The summed E-state index contributed by atoms with van der Waals surface area (Å²) in [5.41, 5.74) is 2.98. The molecule has 1 unspecified atom stereocenters. The van der Waals surface area contributed by atoms with Crippen LogP contribution < -0.4 is 0 Å². The van der Waals surface area contributed by atoms with E-state index < -0.39 is 8.03 Å². The van der Waals surface area contributed by atoms with Gasteiger partial charge in [0, 0.05) is 30.2 Å². The summed E-state index contributed by atoms with van der Waals surface area (Å²) in [6.45, 7) is 0. The molecule has 3 heterocycles. The molecule has 0 saturated carbocycles. The Bertz CT molecular complexity index is 1130. The minimum atomic E-state index is -2.55. The summed E-state index contributed by atoms with van der Waals surface area (Å²) < 4.78 is 16.3. The molecule has 0 amide bonds. The number of rotatable bonds is 5. The van der Waals surface area contributed by atoms with Crippen LogP contribution in [-0.4, -0.2) is 30.1 Å². The van der Waals surface area contributed by atoms with Gasteiger partial charge in [-0.1, -0.05) is 35.5 Å². The maximum absolute atomic E-state index is 10.9. The van der Waals surface area contributed by atoms with Crippen molar-refractivity contribution in [2.75, 3.05) is 0 Å². The van der Waals surface area contributed by atoms with Crippen molar-refractivity contribution in [2.24, 2.45) is 0 Å². The molecular weight excluding hydrogens is 379 g/mol. The van der Waals surface area contributed by atoms with Gasteiger partial charge >= 0.3 is 0 Å². The fourth-order valence-electron chi connectivity index (χ4n) is 2.67. The van der Waals surface area contributed by atoms with E-state index in [1.165, 1.54) is 6.20 Å². The average molecular weight is 394 g/mol. The number of pyridine rings is 1. The van der Waals surface area contributed by atoms with E-state index in [4.69, 9.17) is 9.42 Å². The lowest BCUT2D eigenvalue weighted by Crippen LogP contribution is -1.92. The van der Waals surface area contributed by atoms with Crippen LogP contribution in [0.1, 0.15) is 5.56 Å². The topological polar surface area (TPSA) is 122 Å². The number of nitrogens with zero attached hydrogens (tertiary/aromatic N) is 4. The number of hydrogen-bond donors (Lipinski definition) is 2. The third kappa shape index (κ3) is 3.83. The second kappa shape index (κ2) is 7.72. The number of aromatic hydroxyl groups is 1. The van der Waals surface area contributed by atoms with Gasteiger partial charge in [0.05, 0.1) is 0 Å². The summed E-state index contributed by atoms with van der Waals surface area (Å²) in [4.78, 5) is 21.5. The molecule has 0 aliphatic heterocycles. The smallest absolute Gasteiger partial charge is 0.225 e. The minimum Gasteiger partial charge on any atom is -0.493 e. The maximum Gasteiger partial charge on any atom is 0.225 e. The lowest BCUT2D eigenvalue weighted by atomic mass is 10.1. The SMILES string of the molecule is O=[PH](O)Cc1ccc(-c2cc(-c3cnc(-c4ccccn4)nc3O)on2)cc1. The molecule has 2 N–H and O–H groups in total. The third-order valence-electron chi connectivity index (χ3n) is 4.04. The van der Waals surface area contributed by atoms with Crippen molar-refractivity contribution in [1.29, 1.82) is 0 Å². The Morgan fingerprint density at radius 3 is 2.54 bits per heavy atom. The number of benzene rings is 1. The molecule has 0 bridgehead atoms. The monoisotopic (exact) mass is 394 g/mol. The summed E-state index contributed by atoms with van der Waals surface area (Å²) in [6.07, 6.45) is 3.22. The molecule has 8 nitrogen and oxygen atoms in total. The van der Waals surface area contributed by atoms with Gasteiger partial charge in [-0.05, 0) is 17.7 Å². The Morgan fingerprint density at radius 1 is 1.04 bits per heavy atom. The highest BCUT2D eigenvalue weighted by Crippen LogP contribution is 2.32. The first-order chi connectivity index (χ1) is 13.6. The van der Waals surface area contributed by atoms with Gasteiger partial charge in [0.25, 0.3) is 0 Å². The first-order valence-corrected chi connectivity index (χ1v) is 9.92. The zero-order valence-electron chi connectivity index (χ0n) is 14.5. The highest BCUT2D eigenvalue weighted by atomic mass is 31.1. The lowest BCUT2D eigenvalue weighted by Gasteiger charge is -2.02. The fourth-order valence-corrected chi connectivity index (χ4v) is 3.26. The van der Waals surface area contributed by atoms with Gasteiger partial charge in [-0.3, -0.25) is 9.55 Å². The van der Waals surface area contributed by atoms with E-state index in [0.29, 0.717) is 28.5 Å². The molecule has 0 fully saturated rings. The van der Waals surface area contributed by atoms with Crippen LogP contribution in [0.4, 0.5) is 0 Å². The van der Waals surface area contributed by atoms with Crippen molar-refractivity contribution in [3.05, 3.63) is 66.5 Å². The second-order valence-corrected chi connectivity index (χ2v) is 7.13. The first kappa shape index (κ1) is 18.0. The molecule has 1 atom stereocenters. The molecule has 3 aromatic heterocycles. The zero-order valence-corrected chi connectivity index (χ0v) is 15.5. The standard InChI is InChI=1S/C19H15N4O4P/c24-19-14(10-21-18(22-19)15-3-1-2-8-20-15)17-9-16(23-27-17)13-6-4-12(5-7-13)11-28(25)26/h1-10,28H,11H2,(H,25,26)(H,21,22,24). The largest absolute Gasteiger partial charge is 0.493 e. The summed E-state index contributed by atoms with van der Waals surface area (Å²) >= 11 is 0. The molecule has 0 aliphatic carbocycles.